The lowest BCUT2D eigenvalue weighted by molar-refractivity contribution is -0.116. The number of hydrogen-bond donors (Lipinski definition) is 1. The first-order valence-corrected chi connectivity index (χ1v) is 10.9. The van der Waals surface area contributed by atoms with E-state index in [-0.39, 0.29) is 5.91 Å². The maximum absolute atomic E-state index is 11.5. The van der Waals surface area contributed by atoms with Crippen molar-refractivity contribution in [3.05, 3.63) is 101 Å². The number of ether oxygens (including phenoxy) is 1. The van der Waals surface area contributed by atoms with Crippen LogP contribution in [-0.4, -0.2) is 27.2 Å². The molecule has 0 atom stereocenters. The van der Waals surface area contributed by atoms with E-state index < -0.39 is 0 Å². The maximum atomic E-state index is 11.5. The van der Waals surface area contributed by atoms with Gasteiger partial charge in [-0.2, -0.15) is 0 Å². The zero-order chi connectivity index (χ0) is 23.5. The van der Waals surface area contributed by atoms with Gasteiger partial charge in [0.05, 0.1) is 0 Å². The molecule has 0 saturated heterocycles. The quantitative estimate of drug-likeness (QED) is 0.476. The molecule has 0 fully saturated rings. The van der Waals surface area contributed by atoms with Crippen LogP contribution in [0.15, 0.2) is 72.8 Å². The second-order valence-electron chi connectivity index (χ2n) is 8.01. The van der Waals surface area contributed by atoms with Crippen molar-refractivity contribution in [1.29, 1.82) is 0 Å². The predicted octanol–water partition coefficient (Wildman–Crippen LogP) is 6.17. The Morgan fingerprint density at radius 1 is 0.875 bits per heavy atom. The van der Waals surface area contributed by atoms with Crippen LogP contribution >= 0.6 is 0 Å². The molecule has 0 saturated carbocycles. The molecule has 32 heavy (non-hydrogen) atoms. The Morgan fingerprint density at radius 2 is 1.44 bits per heavy atom. The summed E-state index contributed by atoms with van der Waals surface area (Å²) in [7, 11) is 4.89. The molecule has 0 bridgehead atoms. The van der Waals surface area contributed by atoms with Crippen LogP contribution < -0.4 is 5.32 Å². The van der Waals surface area contributed by atoms with Gasteiger partial charge in [-0.3, -0.25) is 4.79 Å². The topological polar surface area (TPSA) is 38.3 Å². The summed E-state index contributed by atoms with van der Waals surface area (Å²) in [6.45, 7) is 6.32. The first-order valence-electron chi connectivity index (χ1n) is 10.9. The highest BCUT2D eigenvalue weighted by Crippen LogP contribution is 2.28. The van der Waals surface area contributed by atoms with E-state index in [9.17, 15) is 4.79 Å². The minimum atomic E-state index is -0.0738. The van der Waals surface area contributed by atoms with Crippen molar-refractivity contribution < 1.29 is 9.53 Å². The van der Waals surface area contributed by atoms with E-state index in [0.717, 1.165) is 24.0 Å². The smallest absolute Gasteiger partial charge is 0.244 e. The standard InChI is InChI=1S/C27H29NO.C2H6O/c1-19-7-5-8-20(2)27(19)25-10-6-9-23(18-25)12-11-22-13-15-24(16-14-22)21(3)17-26(29)28-4;1-3-2/h5-10,13-18H,11-12H2,1-4H3,(H,28,29);1-2H3/b21-17+;. The number of likely N-dealkylation sites (N-methyl/N-ethyl adjacent to an activating group) is 1. The van der Waals surface area contributed by atoms with Gasteiger partial charge in [0.1, 0.15) is 0 Å². The molecule has 3 aromatic rings. The van der Waals surface area contributed by atoms with Gasteiger partial charge in [0.2, 0.25) is 5.91 Å². The summed E-state index contributed by atoms with van der Waals surface area (Å²) in [5, 5.41) is 2.62. The molecule has 0 aliphatic heterocycles. The maximum Gasteiger partial charge on any atom is 0.244 e. The molecule has 0 unspecified atom stereocenters. The lowest BCUT2D eigenvalue weighted by atomic mass is 9.93. The minimum Gasteiger partial charge on any atom is -0.388 e. The lowest BCUT2D eigenvalue weighted by Gasteiger charge is -2.12. The fourth-order valence-corrected chi connectivity index (χ4v) is 3.73. The molecule has 1 N–H and O–H groups in total. The van der Waals surface area contributed by atoms with Gasteiger partial charge in [-0.05, 0) is 78.1 Å². The molecular weight excluding hydrogens is 394 g/mol. The summed E-state index contributed by atoms with van der Waals surface area (Å²) in [4.78, 5) is 11.5. The van der Waals surface area contributed by atoms with Crippen molar-refractivity contribution in [3.8, 4) is 11.1 Å². The van der Waals surface area contributed by atoms with E-state index in [4.69, 9.17) is 0 Å². The zero-order valence-corrected chi connectivity index (χ0v) is 20.2. The summed E-state index contributed by atoms with van der Waals surface area (Å²) < 4.78 is 4.25. The van der Waals surface area contributed by atoms with Gasteiger partial charge < -0.3 is 10.1 Å². The highest BCUT2D eigenvalue weighted by Gasteiger charge is 2.06. The predicted molar refractivity (Wildman–Crippen MR) is 136 cm³/mol. The summed E-state index contributed by atoms with van der Waals surface area (Å²) in [6.07, 6.45) is 3.63. The Labute approximate surface area is 193 Å². The van der Waals surface area contributed by atoms with E-state index in [1.807, 2.05) is 6.92 Å². The highest BCUT2D eigenvalue weighted by atomic mass is 16.4. The molecule has 3 aromatic carbocycles. The molecule has 3 heteroatoms. The van der Waals surface area contributed by atoms with Crippen LogP contribution in [0.3, 0.4) is 0 Å². The highest BCUT2D eigenvalue weighted by molar-refractivity contribution is 5.94. The Morgan fingerprint density at radius 3 is 2.03 bits per heavy atom. The van der Waals surface area contributed by atoms with Crippen LogP contribution in [-0.2, 0) is 22.4 Å². The molecule has 0 aliphatic rings. The Hall–Kier alpha value is -3.17. The number of benzene rings is 3. The van der Waals surface area contributed by atoms with Crippen LogP contribution in [0.25, 0.3) is 16.7 Å². The number of carbonyl (C=O) groups is 1. The summed E-state index contributed by atoms with van der Waals surface area (Å²) >= 11 is 0. The summed E-state index contributed by atoms with van der Waals surface area (Å²) in [6, 6.07) is 23.9. The molecule has 3 nitrogen and oxygen atoms in total. The fraction of sp³-hybridized carbons (Fsp3) is 0.276. The van der Waals surface area contributed by atoms with Gasteiger partial charge in [-0.15, -0.1) is 0 Å². The van der Waals surface area contributed by atoms with Crippen molar-refractivity contribution in [2.24, 2.45) is 0 Å². The Kier molecular flexibility index (Phi) is 9.90. The monoisotopic (exact) mass is 429 g/mol. The number of hydrogen-bond acceptors (Lipinski definition) is 2. The van der Waals surface area contributed by atoms with Crippen molar-refractivity contribution in [1.82, 2.24) is 5.32 Å². The molecule has 168 valence electrons. The van der Waals surface area contributed by atoms with Crippen LogP contribution in [0.2, 0.25) is 0 Å². The second-order valence-corrected chi connectivity index (χ2v) is 8.01. The average molecular weight is 430 g/mol. The lowest BCUT2D eigenvalue weighted by Crippen LogP contribution is -2.14. The molecule has 0 spiro atoms. The molecular formula is C29H35NO2. The Bertz CT molecular complexity index is 1030. The van der Waals surface area contributed by atoms with Gasteiger partial charge in [-0.25, -0.2) is 0 Å². The number of amides is 1. The third-order valence-corrected chi connectivity index (χ3v) is 5.40. The van der Waals surface area contributed by atoms with E-state index in [1.54, 1.807) is 27.3 Å². The van der Waals surface area contributed by atoms with Gasteiger partial charge in [-0.1, -0.05) is 66.7 Å². The number of aryl methyl sites for hydroxylation is 4. The van der Waals surface area contributed by atoms with Crippen LogP contribution in [0.1, 0.15) is 34.7 Å². The molecule has 3 rings (SSSR count). The van der Waals surface area contributed by atoms with Crippen molar-refractivity contribution in [2.75, 3.05) is 21.3 Å². The van der Waals surface area contributed by atoms with Gasteiger partial charge in [0, 0.05) is 27.3 Å². The fourth-order valence-electron chi connectivity index (χ4n) is 3.73. The molecule has 0 aromatic heterocycles. The number of nitrogens with one attached hydrogen (secondary N) is 1. The Balaban J connectivity index is 0.00000114. The average Bonchev–Trinajstić information content (AvgIpc) is 2.78. The first-order chi connectivity index (χ1) is 15.4. The van der Waals surface area contributed by atoms with Crippen molar-refractivity contribution >= 4 is 11.5 Å². The van der Waals surface area contributed by atoms with E-state index in [2.05, 4.69) is 90.6 Å². The zero-order valence-electron chi connectivity index (χ0n) is 20.2. The summed E-state index contributed by atoms with van der Waals surface area (Å²) in [5.41, 5.74) is 9.98. The number of allylic oxidation sites excluding steroid dienone is 1. The van der Waals surface area contributed by atoms with E-state index in [0.29, 0.717) is 0 Å². The van der Waals surface area contributed by atoms with Crippen LogP contribution in [0.5, 0.6) is 0 Å². The van der Waals surface area contributed by atoms with E-state index in [1.165, 1.54) is 33.4 Å². The molecule has 0 heterocycles. The minimum absolute atomic E-state index is 0.0738. The molecule has 0 aliphatic carbocycles. The third-order valence-electron chi connectivity index (χ3n) is 5.40. The third kappa shape index (κ3) is 7.21. The van der Waals surface area contributed by atoms with Crippen molar-refractivity contribution in [3.63, 3.8) is 0 Å². The molecule has 1 amide bonds. The van der Waals surface area contributed by atoms with Gasteiger partial charge >= 0.3 is 0 Å². The second kappa shape index (κ2) is 12.6. The number of rotatable bonds is 6. The number of carbonyl (C=O) groups excluding carboxylic acids is 1. The molecule has 0 radical (unpaired) electrons. The normalized spacial score (nSPS) is 10.9. The largest absolute Gasteiger partial charge is 0.388 e. The number of methoxy groups -OCH3 is 1. The van der Waals surface area contributed by atoms with Gasteiger partial charge in [0.25, 0.3) is 0 Å². The summed E-state index contributed by atoms with van der Waals surface area (Å²) in [5.74, 6) is -0.0738. The van der Waals surface area contributed by atoms with Gasteiger partial charge in [0.15, 0.2) is 0 Å². The van der Waals surface area contributed by atoms with Crippen LogP contribution in [0.4, 0.5) is 0 Å². The van der Waals surface area contributed by atoms with E-state index >= 15 is 0 Å². The van der Waals surface area contributed by atoms with Crippen molar-refractivity contribution in [2.45, 2.75) is 33.6 Å². The first kappa shape index (κ1) is 25.1. The van der Waals surface area contributed by atoms with Crippen LogP contribution in [0, 0.1) is 13.8 Å². The SMILES string of the molecule is CNC(=O)/C=C(\C)c1ccc(CCc2cccc(-c3c(C)cccc3C)c2)cc1.COC.